The molecule has 0 aromatic rings. The van der Waals surface area contributed by atoms with Crippen LogP contribution in [0.15, 0.2) is 23.8 Å². The lowest BCUT2D eigenvalue weighted by molar-refractivity contribution is -0.198. The number of rotatable bonds is 0. The van der Waals surface area contributed by atoms with E-state index in [1.54, 1.807) is 27.7 Å². The fraction of sp³-hybridized carbons (Fsp3) is 0.800. The summed E-state index contributed by atoms with van der Waals surface area (Å²) in [5.41, 5.74) is -4.60. The predicted octanol–water partition coefficient (Wildman–Crippen LogP) is -0.529. The Morgan fingerprint density at radius 1 is 0.963 bits per heavy atom. The van der Waals surface area contributed by atoms with Gasteiger partial charge >= 0.3 is 0 Å². The van der Waals surface area contributed by atoms with E-state index in [1.807, 2.05) is 0 Å². The van der Waals surface area contributed by atoms with Gasteiger partial charge in [0.15, 0.2) is 0 Å². The SMILES string of the molecule is C/C1=C\[C@H]2[C@@H](O)[C@@H](C)[C@H](O)[C@]2(O)[C@H](O)[C@](C)(O)/C=C/C(C)(C)[C@H](O)C[C@H]1O. The maximum Gasteiger partial charge on any atom is 0.128 e. The Bertz CT molecular complexity index is 611. The second-order valence-corrected chi connectivity index (χ2v) is 9.17. The number of aliphatic hydroxyl groups is 7. The molecule has 2 rings (SSSR count). The van der Waals surface area contributed by atoms with Crippen molar-refractivity contribution >= 4 is 0 Å². The zero-order valence-electron chi connectivity index (χ0n) is 16.6. The average molecular weight is 386 g/mol. The van der Waals surface area contributed by atoms with E-state index in [-0.39, 0.29) is 6.42 Å². The molecule has 7 nitrogen and oxygen atoms in total. The van der Waals surface area contributed by atoms with Crippen LogP contribution in [0.2, 0.25) is 0 Å². The molecule has 7 heteroatoms. The summed E-state index contributed by atoms with van der Waals surface area (Å²) >= 11 is 0. The molecule has 2 aliphatic rings. The second-order valence-electron chi connectivity index (χ2n) is 9.17. The number of hydrogen-bond acceptors (Lipinski definition) is 7. The average Bonchev–Trinajstić information content (AvgIpc) is 2.74. The van der Waals surface area contributed by atoms with Crippen molar-refractivity contribution in [2.45, 2.75) is 82.8 Å². The van der Waals surface area contributed by atoms with Crippen molar-refractivity contribution in [1.82, 2.24) is 0 Å². The Balaban J connectivity index is 2.65. The van der Waals surface area contributed by atoms with Gasteiger partial charge in [0.2, 0.25) is 0 Å². The summed E-state index contributed by atoms with van der Waals surface area (Å²) in [6.07, 6.45) is -2.23. The molecule has 0 aromatic carbocycles. The highest BCUT2D eigenvalue weighted by atomic mass is 16.4. The van der Waals surface area contributed by atoms with Crippen LogP contribution in [0, 0.1) is 17.3 Å². The summed E-state index contributed by atoms with van der Waals surface area (Å²) < 4.78 is 0. The lowest BCUT2D eigenvalue weighted by atomic mass is 9.73. The van der Waals surface area contributed by atoms with Gasteiger partial charge in [-0.3, -0.25) is 0 Å². The minimum atomic E-state index is -2.23. The van der Waals surface area contributed by atoms with E-state index >= 15 is 0 Å². The smallest absolute Gasteiger partial charge is 0.128 e. The van der Waals surface area contributed by atoms with Crippen LogP contribution in [0.1, 0.15) is 41.0 Å². The molecule has 0 radical (unpaired) electrons. The van der Waals surface area contributed by atoms with Crippen molar-refractivity contribution < 1.29 is 35.7 Å². The molecule has 0 aromatic heterocycles. The van der Waals surface area contributed by atoms with Gasteiger partial charge in [-0.15, -0.1) is 0 Å². The van der Waals surface area contributed by atoms with E-state index in [4.69, 9.17) is 0 Å². The van der Waals surface area contributed by atoms with E-state index in [0.29, 0.717) is 5.57 Å². The van der Waals surface area contributed by atoms with Crippen LogP contribution in [0.5, 0.6) is 0 Å². The van der Waals surface area contributed by atoms with Crippen molar-refractivity contribution in [1.29, 1.82) is 0 Å². The number of hydrogen-bond donors (Lipinski definition) is 7. The maximum atomic E-state index is 11.3. The predicted molar refractivity (Wildman–Crippen MR) is 99.6 cm³/mol. The molecule has 0 unspecified atom stereocenters. The van der Waals surface area contributed by atoms with Gasteiger partial charge in [-0.05, 0) is 19.4 Å². The van der Waals surface area contributed by atoms with E-state index < -0.39 is 59.0 Å². The van der Waals surface area contributed by atoms with Gasteiger partial charge in [-0.2, -0.15) is 0 Å². The van der Waals surface area contributed by atoms with Crippen molar-refractivity contribution in [3.8, 4) is 0 Å². The summed E-state index contributed by atoms with van der Waals surface area (Å²) in [6.45, 7) is 7.88. The van der Waals surface area contributed by atoms with Crippen molar-refractivity contribution in [3.05, 3.63) is 23.8 Å². The van der Waals surface area contributed by atoms with Crippen molar-refractivity contribution in [3.63, 3.8) is 0 Å². The third-order valence-corrected chi connectivity index (χ3v) is 6.53. The molecule has 7 N–H and O–H groups in total. The first-order valence-corrected chi connectivity index (χ1v) is 9.40. The third-order valence-electron chi connectivity index (χ3n) is 6.53. The second kappa shape index (κ2) is 7.22. The largest absolute Gasteiger partial charge is 0.392 e. The van der Waals surface area contributed by atoms with Gasteiger partial charge in [-0.1, -0.05) is 39.0 Å². The highest BCUT2D eigenvalue weighted by molar-refractivity contribution is 5.25. The fourth-order valence-corrected chi connectivity index (χ4v) is 4.13. The van der Waals surface area contributed by atoms with Crippen molar-refractivity contribution in [2.24, 2.45) is 17.3 Å². The molecule has 0 heterocycles. The van der Waals surface area contributed by atoms with Gasteiger partial charge in [-0.25, -0.2) is 0 Å². The summed E-state index contributed by atoms with van der Waals surface area (Å²) in [5.74, 6) is -1.88. The van der Waals surface area contributed by atoms with E-state index in [9.17, 15) is 35.7 Å². The van der Waals surface area contributed by atoms with E-state index in [1.165, 1.54) is 25.2 Å². The molecule has 0 spiro atoms. The Morgan fingerprint density at radius 2 is 1.52 bits per heavy atom. The summed E-state index contributed by atoms with van der Waals surface area (Å²) in [6, 6.07) is 0. The first-order valence-electron chi connectivity index (χ1n) is 9.40. The summed E-state index contributed by atoms with van der Waals surface area (Å²) in [4.78, 5) is 0. The minimum absolute atomic E-state index is 0.0176. The highest BCUT2D eigenvalue weighted by Crippen LogP contribution is 2.46. The molecule has 0 aliphatic heterocycles. The van der Waals surface area contributed by atoms with Gasteiger partial charge in [0.1, 0.15) is 17.3 Å². The Labute approximate surface area is 160 Å². The van der Waals surface area contributed by atoms with Gasteiger partial charge < -0.3 is 35.7 Å². The van der Waals surface area contributed by atoms with Crippen LogP contribution in [0.3, 0.4) is 0 Å². The molecular formula is C20H34O7. The Hall–Kier alpha value is -0.800. The van der Waals surface area contributed by atoms with E-state index in [0.717, 1.165) is 0 Å². The molecular weight excluding hydrogens is 352 g/mol. The third kappa shape index (κ3) is 3.74. The van der Waals surface area contributed by atoms with Gasteiger partial charge in [0.05, 0.1) is 24.4 Å². The quantitative estimate of drug-likeness (QED) is 0.278. The lowest BCUT2D eigenvalue weighted by Gasteiger charge is -2.43. The monoisotopic (exact) mass is 386 g/mol. The van der Waals surface area contributed by atoms with Crippen LogP contribution in [-0.4, -0.2) is 77.5 Å². The Kier molecular flexibility index (Phi) is 6.02. The summed E-state index contributed by atoms with van der Waals surface area (Å²) in [7, 11) is 0. The molecule has 0 bridgehead atoms. The standard InChI is InChI=1S/C20H34O7/c1-10-8-12-15(23)11(2)16(24)20(12,27)17(25)19(5,26)7-6-18(3,4)14(22)9-13(10)21/h6-8,11-17,21-27H,9H2,1-5H3/b7-6+,10-8+/t11-,12+,13-,14-,15+,16+,17-,19-,20+/m1/s1. The molecule has 0 saturated heterocycles. The number of fused-ring (bicyclic) bond motifs is 1. The normalized spacial score (nSPS) is 54.2. The molecule has 1 saturated carbocycles. The molecule has 1 fully saturated rings. The van der Waals surface area contributed by atoms with Crippen LogP contribution >= 0.6 is 0 Å². The molecule has 156 valence electrons. The lowest BCUT2D eigenvalue weighted by Crippen LogP contribution is -2.62. The van der Waals surface area contributed by atoms with Crippen LogP contribution in [0.4, 0.5) is 0 Å². The topological polar surface area (TPSA) is 142 Å². The van der Waals surface area contributed by atoms with E-state index in [2.05, 4.69) is 0 Å². The Morgan fingerprint density at radius 3 is 2.07 bits per heavy atom. The highest BCUT2D eigenvalue weighted by Gasteiger charge is 2.63. The van der Waals surface area contributed by atoms with Crippen LogP contribution < -0.4 is 0 Å². The first-order chi connectivity index (χ1) is 12.2. The van der Waals surface area contributed by atoms with Crippen LogP contribution in [0.25, 0.3) is 0 Å². The van der Waals surface area contributed by atoms with Crippen LogP contribution in [-0.2, 0) is 0 Å². The zero-order valence-corrected chi connectivity index (χ0v) is 16.6. The fourth-order valence-electron chi connectivity index (χ4n) is 4.13. The van der Waals surface area contributed by atoms with Gasteiger partial charge in [0, 0.05) is 23.7 Å². The first kappa shape index (κ1) is 22.5. The van der Waals surface area contributed by atoms with Crippen molar-refractivity contribution in [2.75, 3.05) is 0 Å². The zero-order chi connectivity index (χ0) is 20.9. The minimum Gasteiger partial charge on any atom is -0.392 e. The summed E-state index contributed by atoms with van der Waals surface area (Å²) in [5, 5.41) is 75.1. The molecule has 2 aliphatic carbocycles. The maximum absolute atomic E-state index is 11.3. The molecule has 0 amide bonds. The molecule has 27 heavy (non-hydrogen) atoms. The molecule has 9 atom stereocenters. The van der Waals surface area contributed by atoms with Gasteiger partial charge in [0.25, 0.3) is 0 Å². The number of aliphatic hydroxyl groups excluding tert-OH is 5.